The smallest absolute Gasteiger partial charge is 0.0431 e. The predicted octanol–water partition coefficient (Wildman–Crippen LogP) is 1.45. The van der Waals surface area contributed by atoms with Crippen LogP contribution in [0.1, 0.15) is 12.8 Å². The molecule has 0 aliphatic heterocycles. The van der Waals surface area contributed by atoms with Gasteiger partial charge in [-0.15, -0.1) is 0 Å². The molecule has 0 spiro atoms. The molecule has 0 saturated heterocycles. The van der Waals surface area contributed by atoms with Crippen LogP contribution in [-0.4, -0.2) is 36.2 Å². The molecule has 0 aromatic carbocycles. The van der Waals surface area contributed by atoms with E-state index in [1.807, 2.05) is 0 Å². The fraction of sp³-hybridized carbons (Fsp3) is 1.00. The van der Waals surface area contributed by atoms with Gasteiger partial charge in [-0.25, -0.2) is 10.0 Å². The lowest BCUT2D eigenvalue weighted by Crippen LogP contribution is -1.99. The van der Waals surface area contributed by atoms with Gasteiger partial charge in [0, 0.05) is 6.61 Å². The average Bonchev–Trinajstić information content (AvgIpc) is 1.63. The molecule has 1 N–H and O–H groups in total. The zero-order valence-corrected chi connectivity index (χ0v) is 7.50. The summed E-state index contributed by atoms with van der Waals surface area (Å²) in [5.41, 5.74) is 0. The van der Waals surface area contributed by atoms with Gasteiger partial charge < -0.3 is 5.11 Å². The molecule has 0 aliphatic carbocycles. The van der Waals surface area contributed by atoms with Crippen molar-refractivity contribution in [2.75, 3.05) is 31.1 Å². The number of rotatable bonds is 4. The molecule has 0 unspecified atom stereocenters. The topological polar surface area (TPSA) is 20.2 Å². The van der Waals surface area contributed by atoms with Crippen molar-refractivity contribution in [1.29, 1.82) is 0 Å². The maximum Gasteiger partial charge on any atom is 0.0431 e. The molecule has 1 nitrogen and oxygen atoms in total. The molecule has 58 valence electrons. The van der Waals surface area contributed by atoms with E-state index in [1.54, 1.807) is 0 Å². The van der Waals surface area contributed by atoms with Crippen molar-refractivity contribution in [1.82, 2.24) is 0 Å². The summed E-state index contributed by atoms with van der Waals surface area (Å²) in [5, 5.41) is 8.47. The van der Waals surface area contributed by atoms with Crippen molar-refractivity contribution in [3.63, 3.8) is 0 Å². The lowest BCUT2D eigenvalue weighted by Gasteiger charge is -2.24. The van der Waals surface area contributed by atoms with Crippen LogP contribution in [0.3, 0.4) is 0 Å². The molecule has 0 aromatic rings. The maximum atomic E-state index is 8.47. The lowest BCUT2D eigenvalue weighted by molar-refractivity contribution is 0.287. The Hall–Kier alpha value is 0.310. The maximum absolute atomic E-state index is 8.47. The van der Waals surface area contributed by atoms with Gasteiger partial charge in [-0.2, -0.15) is 0 Å². The molecule has 0 rings (SSSR count). The van der Waals surface area contributed by atoms with E-state index in [4.69, 9.17) is 5.11 Å². The normalized spacial score (nSPS) is 13.8. The van der Waals surface area contributed by atoms with Crippen LogP contribution >= 0.6 is 10.0 Å². The molecular weight excluding hydrogens is 132 g/mol. The van der Waals surface area contributed by atoms with E-state index < -0.39 is 0 Å². The Morgan fingerprint density at radius 1 is 1.11 bits per heavy atom. The Balaban J connectivity index is 3.07. The third-order valence-electron chi connectivity index (χ3n) is 1.16. The number of unbranched alkanes of at least 4 members (excludes halogenated alkanes) is 1. The van der Waals surface area contributed by atoms with Crippen LogP contribution in [0.15, 0.2) is 0 Å². The van der Waals surface area contributed by atoms with E-state index in [9.17, 15) is 0 Å². The van der Waals surface area contributed by atoms with Gasteiger partial charge in [0.1, 0.15) is 0 Å². The van der Waals surface area contributed by atoms with Crippen LogP contribution in [0.25, 0.3) is 0 Å². The second-order valence-electron chi connectivity index (χ2n) is 3.23. The van der Waals surface area contributed by atoms with E-state index in [0.717, 1.165) is 6.42 Å². The molecule has 9 heavy (non-hydrogen) atoms. The van der Waals surface area contributed by atoms with E-state index in [0.29, 0.717) is 6.61 Å². The van der Waals surface area contributed by atoms with Crippen LogP contribution in [0.4, 0.5) is 0 Å². The van der Waals surface area contributed by atoms with Gasteiger partial charge in [0.05, 0.1) is 0 Å². The van der Waals surface area contributed by atoms with Crippen LogP contribution in [-0.2, 0) is 0 Å². The Bertz CT molecular complexity index is 65.8. The summed E-state index contributed by atoms with van der Waals surface area (Å²) in [7, 11) is -0.307. The fourth-order valence-corrected chi connectivity index (χ4v) is 1.72. The predicted molar refractivity (Wildman–Crippen MR) is 46.5 cm³/mol. The zero-order valence-electron chi connectivity index (χ0n) is 6.68. The Morgan fingerprint density at radius 2 is 1.67 bits per heavy atom. The largest absolute Gasteiger partial charge is 0.396 e. The highest BCUT2D eigenvalue weighted by molar-refractivity contribution is 8.32. The first-order valence-electron chi connectivity index (χ1n) is 3.33. The van der Waals surface area contributed by atoms with E-state index in [2.05, 4.69) is 18.8 Å². The van der Waals surface area contributed by atoms with Crippen LogP contribution in [0.2, 0.25) is 0 Å². The zero-order chi connectivity index (χ0) is 7.33. The molecule has 0 aromatic heterocycles. The average molecular weight is 150 g/mol. The van der Waals surface area contributed by atoms with Crippen molar-refractivity contribution < 1.29 is 5.11 Å². The van der Waals surface area contributed by atoms with Crippen molar-refractivity contribution >= 4 is 10.0 Å². The number of aliphatic hydroxyl groups excluding tert-OH is 1. The molecule has 0 fully saturated rings. The number of hydrogen-bond donors (Lipinski definition) is 1. The van der Waals surface area contributed by atoms with Crippen molar-refractivity contribution in [3.8, 4) is 0 Å². The molecule has 0 aliphatic rings. The van der Waals surface area contributed by atoms with Gasteiger partial charge in [-0.3, -0.25) is 0 Å². The summed E-state index contributed by atoms with van der Waals surface area (Å²) >= 11 is 0. The quantitative estimate of drug-likeness (QED) is 0.601. The van der Waals surface area contributed by atoms with Gasteiger partial charge >= 0.3 is 0 Å². The van der Waals surface area contributed by atoms with Gasteiger partial charge in [0.15, 0.2) is 0 Å². The summed E-state index contributed by atoms with van der Waals surface area (Å²) in [6.45, 7) is 0.357. The molecule has 2 heteroatoms. The highest BCUT2D eigenvalue weighted by Crippen LogP contribution is 2.35. The van der Waals surface area contributed by atoms with E-state index in [1.165, 1.54) is 12.2 Å². The minimum absolute atomic E-state index is 0.307. The fourth-order valence-electron chi connectivity index (χ4n) is 0.647. The first kappa shape index (κ1) is 9.31. The van der Waals surface area contributed by atoms with Gasteiger partial charge in [0.25, 0.3) is 0 Å². The first-order valence-corrected chi connectivity index (χ1v) is 6.36. The Kier molecular flexibility index (Phi) is 4.32. The third-order valence-corrected chi connectivity index (χ3v) is 2.68. The Labute approximate surface area is 59.8 Å². The van der Waals surface area contributed by atoms with Crippen molar-refractivity contribution in [2.24, 2.45) is 0 Å². The molecule has 0 atom stereocenters. The van der Waals surface area contributed by atoms with Gasteiger partial charge in [0.2, 0.25) is 0 Å². The van der Waals surface area contributed by atoms with Crippen molar-refractivity contribution in [3.05, 3.63) is 0 Å². The minimum atomic E-state index is -0.307. The van der Waals surface area contributed by atoms with E-state index in [-0.39, 0.29) is 10.0 Å². The standard InChI is InChI=1S/C7H18OS/c1-9(2,3)7-5-4-6-8/h8H,4-7H2,1-3H3. The second-order valence-corrected chi connectivity index (χ2v) is 7.82. The summed E-state index contributed by atoms with van der Waals surface area (Å²) < 4.78 is 0. The van der Waals surface area contributed by atoms with E-state index >= 15 is 0 Å². The first-order chi connectivity index (χ1) is 4.06. The van der Waals surface area contributed by atoms with Crippen LogP contribution < -0.4 is 0 Å². The summed E-state index contributed by atoms with van der Waals surface area (Å²) in [6.07, 6.45) is 9.10. The molecule has 0 amide bonds. The van der Waals surface area contributed by atoms with Gasteiger partial charge in [-0.1, -0.05) is 0 Å². The highest BCUT2D eigenvalue weighted by atomic mass is 32.3. The minimum Gasteiger partial charge on any atom is -0.396 e. The molecule has 0 heterocycles. The number of hydrogen-bond acceptors (Lipinski definition) is 1. The Morgan fingerprint density at radius 3 is 2.00 bits per heavy atom. The molecule has 0 bridgehead atoms. The van der Waals surface area contributed by atoms with Crippen molar-refractivity contribution in [2.45, 2.75) is 12.8 Å². The summed E-state index contributed by atoms with van der Waals surface area (Å²) in [6, 6.07) is 0. The summed E-state index contributed by atoms with van der Waals surface area (Å²) in [5.74, 6) is 1.30. The molecule has 0 saturated carbocycles. The van der Waals surface area contributed by atoms with Crippen LogP contribution in [0, 0.1) is 0 Å². The highest BCUT2D eigenvalue weighted by Gasteiger charge is 2.01. The van der Waals surface area contributed by atoms with Crippen LogP contribution in [0.5, 0.6) is 0 Å². The SMILES string of the molecule is CS(C)(C)CCCCO. The number of aliphatic hydroxyl groups is 1. The third kappa shape index (κ3) is 8.31. The monoisotopic (exact) mass is 150 g/mol. The van der Waals surface area contributed by atoms with Gasteiger partial charge in [-0.05, 0) is 37.4 Å². The lowest BCUT2D eigenvalue weighted by atomic mass is 10.4. The summed E-state index contributed by atoms with van der Waals surface area (Å²) in [4.78, 5) is 0. The molecule has 0 radical (unpaired) electrons. The second kappa shape index (κ2) is 4.18. The molecular formula is C7H18OS.